The average Bonchev–Trinajstić information content (AvgIpc) is 2.39. The SMILES string of the molecule is CC(C)(C)[Si](C)(C)Oc1ccc(Nc2cccc(F)c2)cc1. The van der Waals surface area contributed by atoms with E-state index < -0.39 is 8.32 Å². The fraction of sp³-hybridized carbons (Fsp3) is 0.333. The van der Waals surface area contributed by atoms with Crippen LogP contribution in [0.4, 0.5) is 15.8 Å². The molecule has 2 aromatic carbocycles. The Morgan fingerprint density at radius 3 is 2.14 bits per heavy atom. The second kappa shape index (κ2) is 6.13. The van der Waals surface area contributed by atoms with Crippen LogP contribution in [0.2, 0.25) is 18.1 Å². The fourth-order valence-corrected chi connectivity index (χ4v) is 2.82. The van der Waals surface area contributed by atoms with Crippen molar-refractivity contribution in [2.75, 3.05) is 5.32 Å². The smallest absolute Gasteiger partial charge is 0.250 e. The summed E-state index contributed by atoms with van der Waals surface area (Å²) >= 11 is 0. The van der Waals surface area contributed by atoms with Crippen LogP contribution < -0.4 is 9.74 Å². The van der Waals surface area contributed by atoms with Crippen LogP contribution >= 0.6 is 0 Å². The molecule has 0 aliphatic carbocycles. The van der Waals surface area contributed by atoms with Crippen LogP contribution in [0.3, 0.4) is 0 Å². The van der Waals surface area contributed by atoms with Gasteiger partial charge >= 0.3 is 0 Å². The molecule has 0 radical (unpaired) electrons. The van der Waals surface area contributed by atoms with Crippen molar-refractivity contribution in [3.63, 3.8) is 0 Å². The Bertz CT molecular complexity index is 632. The van der Waals surface area contributed by atoms with Crippen molar-refractivity contribution < 1.29 is 8.82 Å². The molecule has 0 aliphatic heterocycles. The normalized spacial score (nSPS) is 12.1. The van der Waals surface area contributed by atoms with E-state index >= 15 is 0 Å². The van der Waals surface area contributed by atoms with E-state index in [2.05, 4.69) is 39.2 Å². The van der Waals surface area contributed by atoms with Crippen molar-refractivity contribution in [1.29, 1.82) is 0 Å². The first-order chi connectivity index (χ1) is 10.2. The third kappa shape index (κ3) is 4.10. The first kappa shape index (κ1) is 16.6. The maximum atomic E-state index is 13.2. The second-order valence-electron chi connectivity index (χ2n) is 7.02. The summed E-state index contributed by atoms with van der Waals surface area (Å²) in [7, 11) is -1.81. The molecule has 22 heavy (non-hydrogen) atoms. The number of benzene rings is 2. The molecule has 2 rings (SSSR count). The highest BCUT2D eigenvalue weighted by Gasteiger charge is 2.38. The first-order valence-electron chi connectivity index (χ1n) is 7.49. The molecule has 0 spiro atoms. The van der Waals surface area contributed by atoms with Gasteiger partial charge in [0.1, 0.15) is 11.6 Å². The Hall–Kier alpha value is -1.81. The van der Waals surface area contributed by atoms with Crippen LogP contribution in [0.25, 0.3) is 0 Å². The molecule has 0 amide bonds. The van der Waals surface area contributed by atoms with Gasteiger partial charge in [0.2, 0.25) is 8.32 Å². The molecule has 2 nitrogen and oxygen atoms in total. The van der Waals surface area contributed by atoms with Crippen molar-refractivity contribution in [3.8, 4) is 5.75 Å². The highest BCUT2D eigenvalue weighted by Crippen LogP contribution is 2.37. The van der Waals surface area contributed by atoms with E-state index in [0.29, 0.717) is 0 Å². The van der Waals surface area contributed by atoms with Gasteiger partial charge in [-0.25, -0.2) is 4.39 Å². The molecule has 0 atom stereocenters. The number of halogens is 1. The molecule has 4 heteroatoms. The van der Waals surface area contributed by atoms with Gasteiger partial charge in [0.25, 0.3) is 0 Å². The molecular weight excluding hydrogens is 293 g/mol. The van der Waals surface area contributed by atoms with Crippen LogP contribution in [0.15, 0.2) is 48.5 Å². The lowest BCUT2D eigenvalue weighted by molar-refractivity contribution is 0.492. The van der Waals surface area contributed by atoms with Crippen LogP contribution in [0.1, 0.15) is 20.8 Å². The van der Waals surface area contributed by atoms with Gasteiger partial charge in [-0.3, -0.25) is 0 Å². The van der Waals surface area contributed by atoms with Crippen molar-refractivity contribution in [2.45, 2.75) is 38.9 Å². The molecule has 0 bridgehead atoms. The van der Waals surface area contributed by atoms with E-state index in [1.165, 1.54) is 12.1 Å². The lowest BCUT2D eigenvalue weighted by Gasteiger charge is -2.36. The molecule has 0 heterocycles. The van der Waals surface area contributed by atoms with Gasteiger partial charge < -0.3 is 9.74 Å². The summed E-state index contributed by atoms with van der Waals surface area (Å²) in [5.74, 6) is 0.638. The molecule has 0 saturated heterocycles. The quantitative estimate of drug-likeness (QED) is 0.703. The van der Waals surface area contributed by atoms with E-state index in [4.69, 9.17) is 4.43 Å². The van der Waals surface area contributed by atoms with Crippen LogP contribution in [0.5, 0.6) is 5.75 Å². The van der Waals surface area contributed by atoms with Gasteiger partial charge in [-0.05, 0) is 60.6 Å². The Morgan fingerprint density at radius 2 is 1.59 bits per heavy atom. The Labute approximate surface area is 133 Å². The second-order valence-corrected chi connectivity index (χ2v) is 11.7. The minimum Gasteiger partial charge on any atom is -0.544 e. The van der Waals surface area contributed by atoms with Gasteiger partial charge in [0.05, 0.1) is 0 Å². The van der Waals surface area contributed by atoms with Crippen molar-refractivity contribution in [3.05, 3.63) is 54.3 Å². The Kier molecular flexibility index (Phi) is 4.61. The number of hydrogen-bond donors (Lipinski definition) is 1. The molecule has 0 unspecified atom stereocenters. The van der Waals surface area contributed by atoms with E-state index in [-0.39, 0.29) is 10.9 Å². The maximum absolute atomic E-state index is 13.2. The van der Waals surface area contributed by atoms with Gasteiger partial charge in [0.15, 0.2) is 0 Å². The summed E-state index contributed by atoms with van der Waals surface area (Å²) in [4.78, 5) is 0. The van der Waals surface area contributed by atoms with E-state index in [1.54, 1.807) is 6.07 Å². The molecule has 0 saturated carbocycles. The molecular formula is C18H24FNOSi. The van der Waals surface area contributed by atoms with Gasteiger partial charge in [0, 0.05) is 11.4 Å². The molecule has 0 fully saturated rings. The van der Waals surface area contributed by atoms with Gasteiger partial charge in [-0.1, -0.05) is 26.8 Å². The van der Waals surface area contributed by atoms with Crippen molar-refractivity contribution in [1.82, 2.24) is 0 Å². The minimum atomic E-state index is -1.81. The predicted octanol–water partition coefficient (Wildman–Crippen LogP) is 5.95. The topological polar surface area (TPSA) is 21.3 Å². The fourth-order valence-electron chi connectivity index (χ4n) is 1.79. The lowest BCUT2D eigenvalue weighted by atomic mass is 10.2. The van der Waals surface area contributed by atoms with Crippen molar-refractivity contribution >= 4 is 19.7 Å². The summed E-state index contributed by atoms with van der Waals surface area (Å²) in [5.41, 5.74) is 1.64. The molecule has 2 aromatic rings. The largest absolute Gasteiger partial charge is 0.544 e. The Morgan fingerprint density at radius 1 is 0.955 bits per heavy atom. The molecule has 1 N–H and O–H groups in total. The summed E-state index contributed by atoms with van der Waals surface area (Å²) in [6.07, 6.45) is 0. The third-order valence-electron chi connectivity index (χ3n) is 4.15. The minimum absolute atomic E-state index is 0.172. The lowest BCUT2D eigenvalue weighted by Crippen LogP contribution is -2.43. The highest BCUT2D eigenvalue weighted by atomic mass is 28.4. The van der Waals surface area contributed by atoms with E-state index in [0.717, 1.165) is 17.1 Å². The third-order valence-corrected chi connectivity index (χ3v) is 8.51. The number of nitrogens with one attached hydrogen (secondary N) is 1. The van der Waals surface area contributed by atoms with Crippen LogP contribution in [-0.4, -0.2) is 8.32 Å². The number of anilines is 2. The highest BCUT2D eigenvalue weighted by molar-refractivity contribution is 6.74. The van der Waals surface area contributed by atoms with Crippen LogP contribution in [-0.2, 0) is 0 Å². The van der Waals surface area contributed by atoms with Gasteiger partial charge in [-0.2, -0.15) is 0 Å². The number of hydrogen-bond acceptors (Lipinski definition) is 2. The summed E-state index contributed by atoms with van der Waals surface area (Å²) in [5, 5.41) is 3.35. The number of rotatable bonds is 4. The van der Waals surface area contributed by atoms with E-state index in [9.17, 15) is 4.39 Å². The summed E-state index contributed by atoms with van der Waals surface area (Å²) in [6, 6.07) is 14.3. The predicted molar refractivity (Wildman–Crippen MR) is 93.9 cm³/mol. The maximum Gasteiger partial charge on any atom is 0.250 e. The van der Waals surface area contributed by atoms with Crippen LogP contribution in [0, 0.1) is 5.82 Å². The monoisotopic (exact) mass is 317 g/mol. The van der Waals surface area contributed by atoms with E-state index in [1.807, 2.05) is 30.3 Å². The molecule has 118 valence electrons. The zero-order chi connectivity index (χ0) is 16.4. The Balaban J connectivity index is 2.08. The zero-order valence-electron chi connectivity index (χ0n) is 13.9. The standard InChI is InChI=1S/C18H24FNOSi/c1-18(2,3)22(4,5)21-17-11-9-15(10-12-17)20-16-8-6-7-14(19)13-16/h6-13,20H,1-5H3. The summed E-state index contributed by atoms with van der Waals surface area (Å²) in [6.45, 7) is 11.1. The average molecular weight is 317 g/mol. The molecule has 0 aliphatic rings. The van der Waals surface area contributed by atoms with Gasteiger partial charge in [-0.15, -0.1) is 0 Å². The zero-order valence-corrected chi connectivity index (χ0v) is 14.9. The molecule has 0 aromatic heterocycles. The van der Waals surface area contributed by atoms with Crippen molar-refractivity contribution in [2.24, 2.45) is 0 Å². The first-order valence-corrected chi connectivity index (χ1v) is 10.4. The summed E-state index contributed by atoms with van der Waals surface area (Å²) < 4.78 is 19.4.